The second-order valence-corrected chi connectivity index (χ2v) is 9.37. The molecule has 1 fully saturated rings. The van der Waals surface area contributed by atoms with Crippen LogP contribution in [0.1, 0.15) is 22.7 Å². The Morgan fingerprint density at radius 2 is 2.08 bits per heavy atom. The lowest BCUT2D eigenvalue weighted by Gasteiger charge is -2.02. The number of fused-ring (bicyclic) bond motifs is 1. The number of nitrogens with zero attached hydrogens (tertiary/aromatic N) is 2. The van der Waals surface area contributed by atoms with Gasteiger partial charge in [-0.1, -0.05) is 11.8 Å². The van der Waals surface area contributed by atoms with Crippen molar-refractivity contribution < 1.29 is 27.1 Å². The van der Waals surface area contributed by atoms with Crippen molar-refractivity contribution in [3.8, 4) is 11.5 Å². The van der Waals surface area contributed by atoms with E-state index < -0.39 is 9.84 Å². The van der Waals surface area contributed by atoms with Gasteiger partial charge in [0.15, 0.2) is 27.1 Å². The largest absolute Gasteiger partial charge is 0.454 e. The molecule has 0 radical (unpaired) electrons. The van der Waals surface area contributed by atoms with Crippen LogP contribution >= 0.6 is 11.8 Å². The highest BCUT2D eigenvalue weighted by Crippen LogP contribution is 2.33. The van der Waals surface area contributed by atoms with Crippen LogP contribution in [0, 0.1) is 5.92 Å². The van der Waals surface area contributed by atoms with Gasteiger partial charge in [0.25, 0.3) is 5.22 Å². The highest BCUT2D eigenvalue weighted by atomic mass is 32.2. The van der Waals surface area contributed by atoms with E-state index in [-0.39, 0.29) is 35.8 Å². The molecule has 2 aliphatic rings. The SMILES string of the molecule is O=C(CSc1nnc(CC2CCS(=O)(=O)C2)o1)c1ccc2c(c1)OCO2. The first-order valence-electron chi connectivity index (χ1n) is 8.07. The van der Waals surface area contributed by atoms with E-state index in [4.69, 9.17) is 13.9 Å². The van der Waals surface area contributed by atoms with Crippen molar-refractivity contribution in [2.24, 2.45) is 5.92 Å². The topological polar surface area (TPSA) is 109 Å². The van der Waals surface area contributed by atoms with Crippen molar-refractivity contribution in [2.75, 3.05) is 24.1 Å². The minimum absolute atomic E-state index is 0.0218. The fourth-order valence-corrected chi connectivity index (χ4v) is 5.48. The first-order chi connectivity index (χ1) is 12.5. The van der Waals surface area contributed by atoms with Crippen LogP contribution < -0.4 is 9.47 Å². The van der Waals surface area contributed by atoms with Gasteiger partial charge in [0.2, 0.25) is 12.7 Å². The van der Waals surface area contributed by atoms with Crippen molar-refractivity contribution in [1.82, 2.24) is 10.2 Å². The maximum atomic E-state index is 12.3. The van der Waals surface area contributed by atoms with Gasteiger partial charge in [-0.2, -0.15) is 0 Å². The molecule has 0 bridgehead atoms. The van der Waals surface area contributed by atoms with Gasteiger partial charge < -0.3 is 13.9 Å². The van der Waals surface area contributed by atoms with E-state index >= 15 is 0 Å². The predicted molar refractivity (Wildman–Crippen MR) is 92.4 cm³/mol. The number of aromatic nitrogens is 2. The minimum Gasteiger partial charge on any atom is -0.454 e. The molecular weight excluding hydrogens is 380 g/mol. The average molecular weight is 396 g/mol. The lowest BCUT2D eigenvalue weighted by atomic mass is 10.1. The lowest BCUT2D eigenvalue weighted by molar-refractivity contribution is 0.102. The van der Waals surface area contributed by atoms with Crippen LogP contribution in [0.15, 0.2) is 27.8 Å². The number of ketones is 1. The van der Waals surface area contributed by atoms with Gasteiger partial charge in [0, 0.05) is 12.0 Å². The summed E-state index contributed by atoms with van der Waals surface area (Å²) in [7, 11) is -2.92. The number of thioether (sulfide) groups is 1. The Balaban J connectivity index is 1.32. The standard InChI is InChI=1S/C16H16N2O6S2/c19-12(11-1-2-13-14(6-11)23-9-22-13)7-25-16-18-17-15(24-16)5-10-3-4-26(20,21)8-10/h1-2,6,10H,3-5,7-9H2. The number of hydrogen-bond acceptors (Lipinski definition) is 9. The molecule has 0 amide bonds. The minimum atomic E-state index is -2.92. The van der Waals surface area contributed by atoms with E-state index in [1.807, 2.05) is 0 Å². The van der Waals surface area contributed by atoms with Gasteiger partial charge in [-0.05, 0) is 30.5 Å². The van der Waals surface area contributed by atoms with Gasteiger partial charge in [-0.3, -0.25) is 4.79 Å². The van der Waals surface area contributed by atoms with E-state index in [0.29, 0.717) is 41.0 Å². The number of ether oxygens (including phenoxy) is 2. The molecule has 1 saturated heterocycles. The van der Waals surface area contributed by atoms with Crippen LogP contribution in [-0.4, -0.2) is 48.4 Å². The van der Waals surface area contributed by atoms with Crippen LogP contribution in [0.3, 0.4) is 0 Å². The molecule has 1 unspecified atom stereocenters. The quantitative estimate of drug-likeness (QED) is 0.533. The molecule has 0 saturated carbocycles. The molecule has 3 heterocycles. The number of carbonyl (C=O) groups is 1. The fraction of sp³-hybridized carbons (Fsp3) is 0.438. The van der Waals surface area contributed by atoms with Gasteiger partial charge in [-0.25, -0.2) is 8.42 Å². The molecule has 10 heteroatoms. The molecule has 138 valence electrons. The Morgan fingerprint density at radius 3 is 2.88 bits per heavy atom. The monoisotopic (exact) mass is 396 g/mol. The molecule has 1 aromatic heterocycles. The summed E-state index contributed by atoms with van der Waals surface area (Å²) in [5.41, 5.74) is 0.526. The average Bonchev–Trinajstić information content (AvgIpc) is 3.32. The number of Topliss-reactive ketones (excluding diaryl/α,β-unsaturated/α-hetero) is 1. The van der Waals surface area contributed by atoms with Crippen LogP contribution in [0.5, 0.6) is 11.5 Å². The maximum absolute atomic E-state index is 12.3. The Labute approximate surface area is 154 Å². The third-order valence-corrected chi connectivity index (χ3v) is 6.92. The smallest absolute Gasteiger partial charge is 0.277 e. The van der Waals surface area contributed by atoms with Crippen LogP contribution in [0.25, 0.3) is 0 Å². The summed E-state index contributed by atoms with van der Waals surface area (Å²) < 4.78 is 39.0. The number of benzene rings is 1. The summed E-state index contributed by atoms with van der Waals surface area (Å²) in [6, 6.07) is 5.06. The summed E-state index contributed by atoms with van der Waals surface area (Å²) in [5.74, 6) is 2.07. The number of carbonyl (C=O) groups excluding carboxylic acids is 1. The van der Waals surface area contributed by atoms with Crippen LogP contribution in [0.2, 0.25) is 0 Å². The Bertz CT molecular complexity index is 940. The molecule has 1 atom stereocenters. The van der Waals surface area contributed by atoms with E-state index in [0.717, 1.165) is 11.8 Å². The van der Waals surface area contributed by atoms with Crippen molar-refractivity contribution in [3.05, 3.63) is 29.7 Å². The highest BCUT2D eigenvalue weighted by molar-refractivity contribution is 7.99. The molecule has 2 aliphatic heterocycles. The molecule has 8 nitrogen and oxygen atoms in total. The molecule has 26 heavy (non-hydrogen) atoms. The summed E-state index contributed by atoms with van der Waals surface area (Å²) in [5, 5.41) is 8.16. The normalized spacial score (nSPS) is 20.4. The van der Waals surface area contributed by atoms with Gasteiger partial charge in [0.05, 0.1) is 17.3 Å². The fourth-order valence-electron chi connectivity index (χ4n) is 2.94. The van der Waals surface area contributed by atoms with E-state index in [2.05, 4.69) is 10.2 Å². The third-order valence-electron chi connectivity index (χ3n) is 4.26. The first-order valence-corrected chi connectivity index (χ1v) is 10.9. The Kier molecular flexibility index (Phi) is 4.62. The van der Waals surface area contributed by atoms with E-state index in [1.165, 1.54) is 0 Å². The van der Waals surface area contributed by atoms with Crippen LogP contribution in [-0.2, 0) is 16.3 Å². The lowest BCUT2D eigenvalue weighted by Crippen LogP contribution is -2.07. The molecule has 0 N–H and O–H groups in total. The second kappa shape index (κ2) is 6.92. The van der Waals surface area contributed by atoms with E-state index in [9.17, 15) is 13.2 Å². The van der Waals surface area contributed by atoms with Crippen molar-refractivity contribution >= 4 is 27.4 Å². The molecule has 1 aromatic carbocycles. The van der Waals surface area contributed by atoms with Gasteiger partial charge in [-0.15, -0.1) is 10.2 Å². The van der Waals surface area contributed by atoms with Gasteiger partial charge >= 0.3 is 0 Å². The summed E-state index contributed by atoms with van der Waals surface area (Å²) in [6.45, 7) is 0.161. The molecule has 0 spiro atoms. The zero-order chi connectivity index (χ0) is 18.1. The van der Waals surface area contributed by atoms with Crippen molar-refractivity contribution in [2.45, 2.75) is 18.1 Å². The summed E-state index contributed by atoms with van der Waals surface area (Å²) >= 11 is 1.16. The summed E-state index contributed by atoms with van der Waals surface area (Å²) in [4.78, 5) is 12.3. The van der Waals surface area contributed by atoms with Gasteiger partial charge in [0.1, 0.15) is 0 Å². The second-order valence-electron chi connectivity index (χ2n) is 6.21. The summed E-state index contributed by atoms with van der Waals surface area (Å²) in [6.07, 6.45) is 1.07. The van der Waals surface area contributed by atoms with E-state index in [1.54, 1.807) is 18.2 Å². The van der Waals surface area contributed by atoms with Crippen molar-refractivity contribution in [3.63, 3.8) is 0 Å². The van der Waals surface area contributed by atoms with Crippen LogP contribution in [0.4, 0.5) is 0 Å². The van der Waals surface area contributed by atoms with Crippen molar-refractivity contribution in [1.29, 1.82) is 0 Å². The predicted octanol–water partition coefficient (Wildman–Crippen LogP) is 1.75. The third kappa shape index (κ3) is 3.85. The Morgan fingerprint density at radius 1 is 1.23 bits per heavy atom. The molecule has 0 aliphatic carbocycles. The number of rotatable bonds is 6. The highest BCUT2D eigenvalue weighted by Gasteiger charge is 2.29. The number of sulfone groups is 1. The Hall–Kier alpha value is -2.07. The number of hydrogen-bond donors (Lipinski definition) is 0. The molecule has 4 rings (SSSR count). The molecular formula is C16H16N2O6S2. The first kappa shape index (κ1) is 17.3. The zero-order valence-corrected chi connectivity index (χ0v) is 15.3. The maximum Gasteiger partial charge on any atom is 0.277 e. The molecule has 2 aromatic rings. The zero-order valence-electron chi connectivity index (χ0n) is 13.7.